The number of para-hydroxylation sites is 2. The number of rotatable bonds is 9. The van der Waals surface area contributed by atoms with Crippen LogP contribution in [0.2, 0.25) is 0 Å². The van der Waals surface area contributed by atoms with E-state index in [0.29, 0.717) is 36.0 Å². The van der Waals surface area contributed by atoms with Crippen LogP contribution in [0.3, 0.4) is 0 Å². The monoisotopic (exact) mass is 506 g/mol. The van der Waals surface area contributed by atoms with Gasteiger partial charge in [-0.25, -0.2) is 0 Å². The first-order chi connectivity index (χ1) is 17.6. The second-order valence-corrected chi connectivity index (χ2v) is 10.0. The molecule has 0 spiro atoms. The third-order valence-corrected chi connectivity index (χ3v) is 7.75. The van der Waals surface area contributed by atoms with Crippen molar-refractivity contribution in [3.8, 4) is 17.2 Å². The lowest BCUT2D eigenvalue weighted by Crippen LogP contribution is -2.48. The fourth-order valence-electron chi connectivity index (χ4n) is 4.69. The zero-order valence-corrected chi connectivity index (χ0v) is 21.3. The van der Waals surface area contributed by atoms with Gasteiger partial charge in [0.25, 0.3) is 5.91 Å². The van der Waals surface area contributed by atoms with Gasteiger partial charge in [-0.15, -0.1) is 11.3 Å². The Hall–Kier alpha value is -3.52. The molecule has 2 aromatic carbocycles. The van der Waals surface area contributed by atoms with Crippen molar-refractivity contribution in [3.63, 3.8) is 0 Å². The highest BCUT2D eigenvalue weighted by Gasteiger charge is 2.38. The normalized spacial score (nSPS) is 16.7. The van der Waals surface area contributed by atoms with Crippen LogP contribution in [0, 0.1) is 0 Å². The summed E-state index contributed by atoms with van der Waals surface area (Å²) in [6.07, 6.45) is 2.63. The maximum Gasteiger partial charge on any atom is 0.254 e. The molecule has 7 nitrogen and oxygen atoms in total. The second-order valence-electron chi connectivity index (χ2n) is 9.01. The minimum absolute atomic E-state index is 0.0470. The van der Waals surface area contributed by atoms with Crippen LogP contribution in [0.25, 0.3) is 0 Å². The van der Waals surface area contributed by atoms with E-state index in [1.807, 2.05) is 35.2 Å². The Morgan fingerprint density at radius 3 is 2.58 bits per heavy atom. The van der Waals surface area contributed by atoms with Gasteiger partial charge in [-0.05, 0) is 66.6 Å². The summed E-state index contributed by atoms with van der Waals surface area (Å²) >= 11 is 1.71. The first-order valence-electron chi connectivity index (χ1n) is 12.2. The number of ether oxygens (including phenoxy) is 3. The lowest BCUT2D eigenvalue weighted by Gasteiger charge is -2.37. The maximum absolute atomic E-state index is 13.7. The van der Waals surface area contributed by atoms with Gasteiger partial charge in [0.15, 0.2) is 11.5 Å². The quantitative estimate of drug-likeness (QED) is 0.425. The predicted molar refractivity (Wildman–Crippen MR) is 138 cm³/mol. The van der Waals surface area contributed by atoms with Gasteiger partial charge in [-0.3, -0.25) is 9.59 Å². The largest absolute Gasteiger partial charge is 0.497 e. The zero-order valence-electron chi connectivity index (χ0n) is 20.5. The highest BCUT2D eigenvalue weighted by Crippen LogP contribution is 2.36. The average Bonchev–Trinajstić information content (AvgIpc) is 3.65. The van der Waals surface area contributed by atoms with Crippen LogP contribution in [0.4, 0.5) is 0 Å². The molecule has 0 radical (unpaired) electrons. The van der Waals surface area contributed by atoms with E-state index in [1.165, 1.54) is 4.88 Å². The van der Waals surface area contributed by atoms with E-state index in [-0.39, 0.29) is 30.4 Å². The minimum atomic E-state index is -0.231. The molecule has 1 aliphatic carbocycles. The molecule has 1 saturated carbocycles. The topological polar surface area (TPSA) is 68.3 Å². The number of hydrogen-bond donors (Lipinski definition) is 0. The maximum atomic E-state index is 13.7. The van der Waals surface area contributed by atoms with Crippen LogP contribution in [0.15, 0.2) is 60.0 Å². The number of carbonyl (C=O) groups is 2. The molecule has 0 saturated heterocycles. The number of benzene rings is 2. The minimum Gasteiger partial charge on any atom is -0.497 e. The summed E-state index contributed by atoms with van der Waals surface area (Å²) in [4.78, 5) is 32.0. The number of methoxy groups -OCH3 is 2. The molecule has 3 aromatic rings. The predicted octanol–water partition coefficient (Wildman–Crippen LogP) is 4.57. The van der Waals surface area contributed by atoms with Gasteiger partial charge in [0.1, 0.15) is 18.9 Å². The van der Waals surface area contributed by atoms with Crippen LogP contribution >= 0.6 is 11.3 Å². The van der Waals surface area contributed by atoms with Crippen LogP contribution in [0.1, 0.15) is 39.7 Å². The van der Waals surface area contributed by atoms with Gasteiger partial charge < -0.3 is 24.0 Å². The Bertz CT molecular complexity index is 1240. The second kappa shape index (κ2) is 10.6. The first-order valence-corrected chi connectivity index (χ1v) is 13.0. The third-order valence-electron chi connectivity index (χ3n) is 6.75. The molecule has 8 heteroatoms. The smallest absolute Gasteiger partial charge is 0.254 e. The van der Waals surface area contributed by atoms with Crippen molar-refractivity contribution in [2.24, 2.45) is 0 Å². The van der Waals surface area contributed by atoms with Gasteiger partial charge in [0, 0.05) is 23.0 Å². The highest BCUT2D eigenvalue weighted by atomic mass is 32.1. The summed E-state index contributed by atoms with van der Waals surface area (Å²) in [7, 11) is 3.19. The molecule has 0 unspecified atom stereocenters. The van der Waals surface area contributed by atoms with E-state index < -0.39 is 0 Å². The van der Waals surface area contributed by atoms with E-state index in [2.05, 4.69) is 11.4 Å². The molecule has 2 aliphatic rings. The molecule has 5 rings (SSSR count). The Morgan fingerprint density at radius 2 is 1.83 bits per heavy atom. The van der Waals surface area contributed by atoms with Gasteiger partial charge >= 0.3 is 0 Å². The molecule has 188 valence electrons. The number of fused-ring (bicyclic) bond motifs is 1. The molecule has 0 bridgehead atoms. The Labute approximate surface area is 215 Å². The Kier molecular flexibility index (Phi) is 7.13. The molecule has 1 aromatic heterocycles. The van der Waals surface area contributed by atoms with E-state index >= 15 is 0 Å². The summed E-state index contributed by atoms with van der Waals surface area (Å²) in [6, 6.07) is 16.6. The molecule has 1 atom stereocenters. The van der Waals surface area contributed by atoms with Crippen molar-refractivity contribution in [1.82, 2.24) is 9.80 Å². The van der Waals surface area contributed by atoms with Crippen molar-refractivity contribution in [3.05, 3.63) is 76.0 Å². The summed E-state index contributed by atoms with van der Waals surface area (Å²) in [5.74, 6) is 1.71. The Morgan fingerprint density at radius 1 is 1.03 bits per heavy atom. The van der Waals surface area contributed by atoms with Crippen LogP contribution in [0.5, 0.6) is 17.2 Å². The average molecular weight is 507 g/mol. The summed E-state index contributed by atoms with van der Waals surface area (Å²) in [5.41, 5.74) is 1.65. The summed E-state index contributed by atoms with van der Waals surface area (Å²) in [6.45, 7) is 0.951. The number of carbonyl (C=O) groups excluding carboxylic acids is 2. The fourth-order valence-corrected chi connectivity index (χ4v) is 5.62. The highest BCUT2D eigenvalue weighted by molar-refractivity contribution is 7.10. The molecule has 36 heavy (non-hydrogen) atoms. The summed E-state index contributed by atoms with van der Waals surface area (Å²) < 4.78 is 16.9. The lowest BCUT2D eigenvalue weighted by atomic mass is 10.0. The third kappa shape index (κ3) is 5.04. The summed E-state index contributed by atoms with van der Waals surface area (Å²) in [5, 5.41) is 2.07. The molecule has 0 N–H and O–H groups in total. The van der Waals surface area contributed by atoms with Crippen LogP contribution < -0.4 is 14.2 Å². The number of amides is 2. The number of thiophene rings is 1. The van der Waals surface area contributed by atoms with Crippen molar-refractivity contribution in [2.45, 2.75) is 31.3 Å². The molecular weight excluding hydrogens is 476 g/mol. The molecule has 1 fully saturated rings. The van der Waals surface area contributed by atoms with Crippen LogP contribution in [-0.2, 0) is 11.2 Å². The van der Waals surface area contributed by atoms with Gasteiger partial charge in [0.2, 0.25) is 5.91 Å². The Balaban J connectivity index is 1.35. The van der Waals surface area contributed by atoms with Gasteiger partial charge in [0.05, 0.1) is 20.3 Å². The van der Waals surface area contributed by atoms with E-state index in [0.717, 1.165) is 24.8 Å². The number of hydrogen-bond acceptors (Lipinski definition) is 6. The van der Waals surface area contributed by atoms with E-state index in [4.69, 9.17) is 14.2 Å². The molecule has 1 aliphatic heterocycles. The number of nitrogens with zero attached hydrogens (tertiary/aromatic N) is 2. The van der Waals surface area contributed by atoms with Crippen molar-refractivity contribution in [1.29, 1.82) is 0 Å². The van der Waals surface area contributed by atoms with Crippen LogP contribution in [-0.4, -0.2) is 61.6 Å². The van der Waals surface area contributed by atoms with Gasteiger partial charge in [-0.2, -0.15) is 0 Å². The van der Waals surface area contributed by atoms with Gasteiger partial charge in [-0.1, -0.05) is 18.2 Å². The molecular formula is C28H30N2O5S. The van der Waals surface area contributed by atoms with E-state index in [1.54, 1.807) is 48.7 Å². The zero-order chi connectivity index (χ0) is 25.1. The van der Waals surface area contributed by atoms with Crippen molar-refractivity contribution in [2.75, 3.05) is 33.9 Å². The SMILES string of the molecule is COc1cccc(C(=O)N(CC(=O)N2CCc3sccc3[C@H]2COc2ccccc2OC)C2CC2)c1. The fraction of sp³-hybridized carbons (Fsp3) is 0.357. The van der Waals surface area contributed by atoms with Crippen molar-refractivity contribution < 1.29 is 23.8 Å². The standard InChI is InChI=1S/C28H30N2O5S/c1-33-21-7-5-6-19(16-21)28(32)30(20-10-11-20)17-27(31)29-14-12-26-22(13-15-36-26)23(29)18-35-25-9-4-3-8-24(25)34-2/h3-9,13,15-16,20,23H,10-12,14,17-18H2,1-2H3/t23-/m1/s1. The molecule has 2 heterocycles. The van der Waals surface area contributed by atoms with Crippen molar-refractivity contribution >= 4 is 23.2 Å². The lowest BCUT2D eigenvalue weighted by molar-refractivity contribution is -0.135. The first kappa shape index (κ1) is 24.2. The van der Waals surface area contributed by atoms with E-state index in [9.17, 15) is 9.59 Å². The molecule has 2 amide bonds.